The number of carbonyl (C=O) groups is 2. The van der Waals surface area contributed by atoms with Gasteiger partial charge >= 0.3 is 11.9 Å². The maximum absolute atomic E-state index is 12.7. The van der Waals surface area contributed by atoms with Crippen molar-refractivity contribution in [3.05, 3.63) is 71.8 Å². The zero-order valence-corrected chi connectivity index (χ0v) is 14.7. The molecule has 2 aromatic carbocycles. The van der Waals surface area contributed by atoms with Crippen LogP contribution >= 0.6 is 0 Å². The summed E-state index contributed by atoms with van der Waals surface area (Å²) in [7, 11) is 0. The number of benzene rings is 2. The molecule has 1 aliphatic heterocycles. The van der Waals surface area contributed by atoms with Crippen LogP contribution in [0.15, 0.2) is 60.7 Å². The van der Waals surface area contributed by atoms with Crippen LogP contribution in [0.5, 0.6) is 0 Å². The van der Waals surface area contributed by atoms with Crippen LogP contribution in [-0.4, -0.2) is 24.1 Å². The summed E-state index contributed by atoms with van der Waals surface area (Å²) < 4.78 is 11.4. The van der Waals surface area contributed by atoms with Crippen LogP contribution < -0.4 is 0 Å². The fourth-order valence-corrected chi connectivity index (χ4v) is 4.25. The molecule has 2 fully saturated rings. The molecule has 26 heavy (non-hydrogen) atoms. The number of rotatable bonds is 4. The Balaban J connectivity index is 1.55. The Morgan fingerprint density at radius 1 is 1.08 bits per heavy atom. The second kappa shape index (κ2) is 6.94. The first-order chi connectivity index (χ1) is 12.6. The second-order valence-corrected chi connectivity index (χ2v) is 7.18. The molecule has 1 aliphatic carbocycles. The Morgan fingerprint density at radius 2 is 1.73 bits per heavy atom. The summed E-state index contributed by atoms with van der Waals surface area (Å²) in [6, 6.07) is 19.6. The van der Waals surface area contributed by atoms with Crippen molar-refractivity contribution in [3.63, 3.8) is 0 Å². The van der Waals surface area contributed by atoms with E-state index in [1.54, 1.807) is 0 Å². The number of carbonyl (C=O) groups excluding carboxylic acids is 2. The van der Waals surface area contributed by atoms with E-state index in [0.29, 0.717) is 12.8 Å². The number of hydrogen-bond donors (Lipinski definition) is 0. The van der Waals surface area contributed by atoms with Crippen LogP contribution in [0.1, 0.15) is 42.7 Å². The fraction of sp³-hybridized carbons (Fsp3) is 0.364. The van der Waals surface area contributed by atoms with Gasteiger partial charge in [0.25, 0.3) is 0 Å². The van der Waals surface area contributed by atoms with E-state index < -0.39 is 0 Å². The van der Waals surface area contributed by atoms with Gasteiger partial charge in [-0.2, -0.15) is 0 Å². The Bertz CT molecular complexity index is 786. The highest BCUT2D eigenvalue weighted by Crippen LogP contribution is 2.48. The van der Waals surface area contributed by atoms with E-state index in [1.807, 2.05) is 67.6 Å². The molecule has 0 spiro atoms. The second-order valence-electron chi connectivity index (χ2n) is 7.18. The largest absolute Gasteiger partial charge is 0.462 e. The standard InChI is InChI=1S/C22H22O4/c1-14(15-8-4-2-5-9-15)22(24)26-19-13-18-17(12-20(23)25-18)21(19)16-10-6-3-7-11-16/h2-11,14,17-19,21H,12-13H2,1H3/t14-,17?,18?,19+,21?/m1/s1. The van der Waals surface area contributed by atoms with Gasteiger partial charge in [0.15, 0.2) is 0 Å². The van der Waals surface area contributed by atoms with Crippen molar-refractivity contribution < 1.29 is 19.1 Å². The molecule has 5 atom stereocenters. The molecule has 0 N–H and O–H groups in total. The molecule has 4 heteroatoms. The number of fused-ring (bicyclic) bond motifs is 1. The van der Waals surface area contributed by atoms with Gasteiger partial charge in [0.2, 0.25) is 0 Å². The molecule has 134 valence electrons. The lowest BCUT2D eigenvalue weighted by Gasteiger charge is -2.25. The zero-order chi connectivity index (χ0) is 18.1. The molecule has 1 saturated heterocycles. The minimum atomic E-state index is -0.324. The molecule has 3 unspecified atom stereocenters. The SMILES string of the molecule is C[C@@H](C(=O)O[C@H]1CC2OC(=O)CC2C1c1ccccc1)c1ccccc1. The fourth-order valence-electron chi connectivity index (χ4n) is 4.25. The van der Waals surface area contributed by atoms with E-state index in [0.717, 1.165) is 11.1 Å². The molecule has 4 rings (SSSR count). The third-order valence-electron chi connectivity index (χ3n) is 5.59. The lowest BCUT2D eigenvalue weighted by molar-refractivity contribution is -0.152. The van der Waals surface area contributed by atoms with Gasteiger partial charge in [-0.25, -0.2) is 0 Å². The smallest absolute Gasteiger partial charge is 0.313 e. The number of esters is 2. The van der Waals surface area contributed by atoms with Crippen molar-refractivity contribution in [1.29, 1.82) is 0 Å². The summed E-state index contributed by atoms with van der Waals surface area (Å²) in [5, 5.41) is 0. The first-order valence-electron chi connectivity index (χ1n) is 9.13. The van der Waals surface area contributed by atoms with Crippen LogP contribution in [0.4, 0.5) is 0 Å². The summed E-state index contributed by atoms with van der Waals surface area (Å²) >= 11 is 0. The maximum Gasteiger partial charge on any atom is 0.313 e. The van der Waals surface area contributed by atoms with Gasteiger partial charge in [-0.15, -0.1) is 0 Å². The van der Waals surface area contributed by atoms with Crippen LogP contribution in [0.25, 0.3) is 0 Å². The Hall–Kier alpha value is -2.62. The van der Waals surface area contributed by atoms with E-state index >= 15 is 0 Å². The summed E-state index contributed by atoms with van der Waals surface area (Å²) in [4.78, 5) is 24.5. The minimum absolute atomic E-state index is 0.000395. The molecular formula is C22H22O4. The van der Waals surface area contributed by atoms with Crippen LogP contribution in [0.2, 0.25) is 0 Å². The highest BCUT2D eigenvalue weighted by molar-refractivity contribution is 5.78. The molecule has 0 bridgehead atoms. The van der Waals surface area contributed by atoms with E-state index in [4.69, 9.17) is 9.47 Å². The van der Waals surface area contributed by atoms with E-state index in [2.05, 4.69) is 0 Å². The third kappa shape index (κ3) is 3.12. The zero-order valence-electron chi connectivity index (χ0n) is 14.7. The van der Waals surface area contributed by atoms with Crippen LogP contribution in [0, 0.1) is 5.92 Å². The minimum Gasteiger partial charge on any atom is -0.462 e. The molecule has 2 aromatic rings. The molecule has 0 radical (unpaired) electrons. The van der Waals surface area contributed by atoms with Gasteiger partial charge in [0.1, 0.15) is 12.2 Å². The van der Waals surface area contributed by atoms with E-state index in [9.17, 15) is 9.59 Å². The molecule has 0 amide bonds. The molecule has 1 heterocycles. The van der Waals surface area contributed by atoms with Crippen molar-refractivity contribution in [2.45, 2.75) is 43.8 Å². The quantitative estimate of drug-likeness (QED) is 0.787. The number of hydrogen-bond acceptors (Lipinski definition) is 4. The van der Waals surface area contributed by atoms with Gasteiger partial charge in [-0.05, 0) is 18.1 Å². The van der Waals surface area contributed by atoms with Gasteiger partial charge < -0.3 is 9.47 Å². The van der Waals surface area contributed by atoms with Crippen molar-refractivity contribution in [2.75, 3.05) is 0 Å². The molecule has 4 nitrogen and oxygen atoms in total. The normalized spacial score (nSPS) is 28.3. The third-order valence-corrected chi connectivity index (χ3v) is 5.59. The first-order valence-corrected chi connectivity index (χ1v) is 9.13. The summed E-state index contributed by atoms with van der Waals surface area (Å²) in [6.07, 6.45) is 0.548. The van der Waals surface area contributed by atoms with Gasteiger partial charge in [0.05, 0.1) is 12.3 Å². The highest BCUT2D eigenvalue weighted by atomic mass is 16.6. The van der Waals surface area contributed by atoms with Crippen LogP contribution in [0.3, 0.4) is 0 Å². The van der Waals surface area contributed by atoms with Gasteiger partial charge in [-0.1, -0.05) is 60.7 Å². The molecule has 1 saturated carbocycles. The van der Waals surface area contributed by atoms with Crippen molar-refractivity contribution in [2.24, 2.45) is 5.92 Å². The van der Waals surface area contributed by atoms with Crippen LogP contribution in [-0.2, 0) is 19.1 Å². The average molecular weight is 350 g/mol. The van der Waals surface area contributed by atoms with Crippen molar-refractivity contribution in [3.8, 4) is 0 Å². The Kier molecular flexibility index (Phi) is 4.49. The summed E-state index contributed by atoms with van der Waals surface area (Å²) in [6.45, 7) is 1.87. The number of ether oxygens (including phenoxy) is 2. The van der Waals surface area contributed by atoms with Gasteiger partial charge in [-0.3, -0.25) is 9.59 Å². The Morgan fingerprint density at radius 3 is 2.42 bits per heavy atom. The topological polar surface area (TPSA) is 52.6 Å². The lowest BCUT2D eigenvalue weighted by Crippen LogP contribution is -2.26. The van der Waals surface area contributed by atoms with Crippen molar-refractivity contribution >= 4 is 11.9 Å². The predicted molar refractivity (Wildman–Crippen MR) is 96.5 cm³/mol. The first kappa shape index (κ1) is 16.8. The molecular weight excluding hydrogens is 328 g/mol. The monoisotopic (exact) mass is 350 g/mol. The lowest BCUT2D eigenvalue weighted by atomic mass is 9.86. The average Bonchev–Trinajstić information content (AvgIpc) is 3.17. The van der Waals surface area contributed by atoms with Crippen molar-refractivity contribution in [1.82, 2.24) is 0 Å². The van der Waals surface area contributed by atoms with E-state index in [-0.39, 0.29) is 41.9 Å². The summed E-state index contributed by atoms with van der Waals surface area (Å²) in [5.74, 6) is -0.623. The molecule has 0 aromatic heterocycles. The highest BCUT2D eigenvalue weighted by Gasteiger charge is 2.52. The van der Waals surface area contributed by atoms with E-state index in [1.165, 1.54) is 0 Å². The summed E-state index contributed by atoms with van der Waals surface area (Å²) in [5.41, 5.74) is 2.04. The predicted octanol–water partition coefficient (Wildman–Crippen LogP) is 3.82. The maximum atomic E-state index is 12.7. The van der Waals surface area contributed by atoms with Gasteiger partial charge in [0, 0.05) is 18.3 Å². The molecule has 2 aliphatic rings. The Labute approximate surface area is 153 Å².